The lowest BCUT2D eigenvalue weighted by Gasteiger charge is -2.05. The van der Waals surface area contributed by atoms with Crippen molar-refractivity contribution in [1.82, 2.24) is 0 Å². The Labute approximate surface area is 94.0 Å². The molecular formula is C15H22. The molecule has 15 heavy (non-hydrogen) atoms. The Morgan fingerprint density at radius 1 is 1.13 bits per heavy atom. The fourth-order valence-electron chi connectivity index (χ4n) is 1.84. The minimum Gasteiger partial charge on any atom is -0.0810 e. The van der Waals surface area contributed by atoms with Crippen molar-refractivity contribution >= 4 is 5.57 Å². The van der Waals surface area contributed by atoms with Crippen molar-refractivity contribution in [1.29, 1.82) is 0 Å². The zero-order valence-electron chi connectivity index (χ0n) is 10.2. The van der Waals surface area contributed by atoms with Crippen LogP contribution in [0.25, 0.3) is 5.57 Å². The SMILES string of the molecule is CC1=CCCCc2ccccc21.CCC. The molecule has 0 saturated heterocycles. The molecule has 0 heteroatoms. The molecule has 0 fully saturated rings. The van der Waals surface area contributed by atoms with Gasteiger partial charge in [-0.3, -0.25) is 0 Å². The first-order valence-corrected chi connectivity index (χ1v) is 6.04. The summed E-state index contributed by atoms with van der Waals surface area (Å²) in [6, 6.07) is 8.74. The average molecular weight is 202 g/mol. The van der Waals surface area contributed by atoms with E-state index in [-0.39, 0.29) is 0 Å². The van der Waals surface area contributed by atoms with Gasteiger partial charge in [-0.1, -0.05) is 50.6 Å². The third kappa shape index (κ3) is 3.54. The van der Waals surface area contributed by atoms with Gasteiger partial charge in [0.1, 0.15) is 0 Å². The quantitative estimate of drug-likeness (QED) is 0.564. The zero-order chi connectivity index (χ0) is 11.1. The van der Waals surface area contributed by atoms with Crippen LogP contribution >= 0.6 is 0 Å². The van der Waals surface area contributed by atoms with Gasteiger partial charge in [0, 0.05) is 0 Å². The van der Waals surface area contributed by atoms with Crippen LogP contribution in [0.4, 0.5) is 0 Å². The molecule has 0 saturated carbocycles. The first kappa shape index (κ1) is 12.0. The van der Waals surface area contributed by atoms with Crippen LogP contribution in [0.5, 0.6) is 0 Å². The zero-order valence-corrected chi connectivity index (χ0v) is 10.2. The van der Waals surface area contributed by atoms with Crippen molar-refractivity contribution in [2.45, 2.75) is 46.5 Å². The van der Waals surface area contributed by atoms with Crippen LogP contribution in [0.2, 0.25) is 0 Å². The minimum absolute atomic E-state index is 1.24. The highest BCUT2D eigenvalue weighted by Gasteiger charge is 2.05. The lowest BCUT2D eigenvalue weighted by atomic mass is 10.0. The van der Waals surface area contributed by atoms with E-state index < -0.39 is 0 Å². The van der Waals surface area contributed by atoms with E-state index in [1.165, 1.54) is 42.4 Å². The summed E-state index contributed by atoms with van der Waals surface area (Å²) in [4.78, 5) is 0. The van der Waals surface area contributed by atoms with Crippen LogP contribution in [0.15, 0.2) is 30.3 Å². The van der Waals surface area contributed by atoms with Gasteiger partial charge in [0.05, 0.1) is 0 Å². The molecule has 0 aromatic heterocycles. The number of allylic oxidation sites excluding steroid dienone is 2. The van der Waals surface area contributed by atoms with E-state index in [0.29, 0.717) is 0 Å². The predicted octanol–water partition coefficient (Wildman–Crippen LogP) is 4.84. The van der Waals surface area contributed by atoms with Crippen molar-refractivity contribution in [2.75, 3.05) is 0 Å². The predicted molar refractivity (Wildman–Crippen MR) is 69.0 cm³/mol. The lowest BCUT2D eigenvalue weighted by Crippen LogP contribution is -1.87. The highest BCUT2D eigenvalue weighted by Crippen LogP contribution is 2.24. The van der Waals surface area contributed by atoms with Crippen molar-refractivity contribution in [3.8, 4) is 0 Å². The van der Waals surface area contributed by atoms with Gasteiger partial charge in [-0.2, -0.15) is 0 Å². The van der Waals surface area contributed by atoms with E-state index >= 15 is 0 Å². The Bertz CT molecular complexity index is 321. The van der Waals surface area contributed by atoms with Gasteiger partial charge in [0.2, 0.25) is 0 Å². The fourth-order valence-corrected chi connectivity index (χ4v) is 1.84. The first-order valence-electron chi connectivity index (χ1n) is 6.04. The molecular weight excluding hydrogens is 180 g/mol. The Morgan fingerprint density at radius 3 is 2.53 bits per heavy atom. The van der Waals surface area contributed by atoms with Gasteiger partial charge in [0.25, 0.3) is 0 Å². The molecule has 0 aliphatic heterocycles. The van der Waals surface area contributed by atoms with Crippen LogP contribution in [0.3, 0.4) is 0 Å². The summed E-state index contributed by atoms with van der Waals surface area (Å²) in [6.07, 6.45) is 7.38. The molecule has 1 aliphatic rings. The van der Waals surface area contributed by atoms with Crippen molar-refractivity contribution in [3.63, 3.8) is 0 Å². The number of rotatable bonds is 0. The monoisotopic (exact) mass is 202 g/mol. The van der Waals surface area contributed by atoms with E-state index in [0.717, 1.165) is 0 Å². The van der Waals surface area contributed by atoms with Gasteiger partial charge in [-0.05, 0) is 42.9 Å². The number of fused-ring (bicyclic) bond motifs is 1. The summed E-state index contributed by atoms with van der Waals surface area (Å²) >= 11 is 0. The topological polar surface area (TPSA) is 0 Å². The van der Waals surface area contributed by atoms with Gasteiger partial charge < -0.3 is 0 Å². The van der Waals surface area contributed by atoms with Crippen molar-refractivity contribution in [3.05, 3.63) is 41.5 Å². The third-order valence-corrected chi connectivity index (χ3v) is 2.54. The van der Waals surface area contributed by atoms with E-state index in [1.54, 1.807) is 0 Å². The average Bonchev–Trinajstić information content (AvgIpc) is 2.43. The normalized spacial score (nSPS) is 14.2. The van der Waals surface area contributed by atoms with E-state index in [4.69, 9.17) is 0 Å². The molecule has 0 atom stereocenters. The maximum atomic E-state index is 2.35. The van der Waals surface area contributed by atoms with Crippen LogP contribution in [0.1, 0.15) is 51.2 Å². The Morgan fingerprint density at radius 2 is 1.80 bits per heavy atom. The second-order valence-electron chi connectivity index (χ2n) is 4.14. The largest absolute Gasteiger partial charge is 0.0810 e. The molecule has 0 bridgehead atoms. The molecule has 0 unspecified atom stereocenters. The van der Waals surface area contributed by atoms with E-state index in [9.17, 15) is 0 Å². The summed E-state index contributed by atoms with van der Waals surface area (Å²) in [7, 11) is 0. The molecule has 1 aliphatic carbocycles. The minimum atomic E-state index is 1.24. The number of benzene rings is 1. The standard InChI is InChI=1S/C12H14.C3H8/c1-10-6-2-3-7-11-8-4-5-9-12(10)11;1-3-2/h4-6,8-9H,2-3,7H2,1H3;3H2,1-2H3. The van der Waals surface area contributed by atoms with Crippen molar-refractivity contribution < 1.29 is 0 Å². The maximum absolute atomic E-state index is 2.35. The van der Waals surface area contributed by atoms with Crippen LogP contribution in [0, 0.1) is 0 Å². The highest BCUT2D eigenvalue weighted by atomic mass is 14.1. The third-order valence-electron chi connectivity index (χ3n) is 2.54. The molecule has 2 rings (SSSR count). The summed E-state index contributed by atoms with van der Waals surface area (Å²) < 4.78 is 0. The highest BCUT2D eigenvalue weighted by molar-refractivity contribution is 5.67. The molecule has 0 spiro atoms. The molecule has 1 aromatic rings. The van der Waals surface area contributed by atoms with Gasteiger partial charge in [-0.25, -0.2) is 0 Å². The second-order valence-corrected chi connectivity index (χ2v) is 4.14. The van der Waals surface area contributed by atoms with Gasteiger partial charge in [0.15, 0.2) is 0 Å². The second kappa shape index (κ2) is 6.44. The smallest absolute Gasteiger partial charge is 0.0198 e. The molecule has 0 heterocycles. The first-order chi connectivity index (χ1) is 7.29. The van der Waals surface area contributed by atoms with E-state index in [2.05, 4.69) is 51.1 Å². The molecule has 0 N–H and O–H groups in total. The number of hydrogen-bond donors (Lipinski definition) is 0. The van der Waals surface area contributed by atoms with Crippen LogP contribution in [-0.4, -0.2) is 0 Å². The van der Waals surface area contributed by atoms with E-state index in [1.807, 2.05) is 0 Å². The van der Waals surface area contributed by atoms with Crippen molar-refractivity contribution in [2.24, 2.45) is 0 Å². The Hall–Kier alpha value is -1.04. The Kier molecular flexibility index (Phi) is 5.17. The summed E-state index contributed by atoms with van der Waals surface area (Å²) in [5.74, 6) is 0. The summed E-state index contributed by atoms with van der Waals surface area (Å²) in [5, 5.41) is 0. The number of hydrogen-bond acceptors (Lipinski definition) is 0. The lowest BCUT2D eigenvalue weighted by molar-refractivity contribution is 0.851. The maximum Gasteiger partial charge on any atom is -0.0198 e. The molecule has 0 radical (unpaired) electrons. The molecule has 1 aromatic carbocycles. The molecule has 0 amide bonds. The van der Waals surface area contributed by atoms with Gasteiger partial charge in [-0.15, -0.1) is 0 Å². The molecule has 0 nitrogen and oxygen atoms in total. The summed E-state index contributed by atoms with van der Waals surface area (Å²) in [5.41, 5.74) is 4.42. The fraction of sp³-hybridized carbons (Fsp3) is 0.467. The van der Waals surface area contributed by atoms with Crippen LogP contribution in [-0.2, 0) is 6.42 Å². The Balaban J connectivity index is 0.000000337. The van der Waals surface area contributed by atoms with Gasteiger partial charge >= 0.3 is 0 Å². The number of aryl methyl sites for hydroxylation is 1. The van der Waals surface area contributed by atoms with Crippen LogP contribution < -0.4 is 0 Å². The molecule has 82 valence electrons. The summed E-state index contributed by atoms with van der Waals surface area (Å²) in [6.45, 7) is 6.46.